The van der Waals surface area contributed by atoms with Crippen LogP contribution in [0.2, 0.25) is 5.02 Å². The van der Waals surface area contributed by atoms with Crippen molar-refractivity contribution in [2.75, 3.05) is 5.32 Å². The number of nitro benzene ring substituents is 1. The maximum absolute atomic E-state index is 13.8. The molecular formula is C22H16ClFN4O5. The van der Waals surface area contributed by atoms with E-state index in [0.29, 0.717) is 5.56 Å². The SMILES string of the molecule is O=C(Nc1nn(Cc2ccccc2F)cc1Cl)c1ccc(COc2ccccc2[N+](=O)[O-])o1. The average Bonchev–Trinajstić information content (AvgIpc) is 3.41. The Bertz CT molecular complexity index is 1320. The van der Waals surface area contributed by atoms with Gasteiger partial charge in [0.1, 0.15) is 23.2 Å². The maximum Gasteiger partial charge on any atom is 0.310 e. The number of anilines is 1. The quantitative estimate of drug-likeness (QED) is 0.284. The second-order valence-electron chi connectivity index (χ2n) is 6.85. The predicted octanol–water partition coefficient (Wildman–Crippen LogP) is 5.06. The van der Waals surface area contributed by atoms with E-state index >= 15 is 0 Å². The van der Waals surface area contributed by atoms with Crippen LogP contribution in [-0.2, 0) is 13.2 Å². The number of carbonyl (C=O) groups is 1. The molecule has 0 radical (unpaired) electrons. The third kappa shape index (κ3) is 5.18. The fourth-order valence-electron chi connectivity index (χ4n) is 2.99. The summed E-state index contributed by atoms with van der Waals surface area (Å²) in [6.45, 7) is 0.0201. The largest absolute Gasteiger partial charge is 0.479 e. The molecule has 33 heavy (non-hydrogen) atoms. The van der Waals surface area contributed by atoms with Crippen LogP contribution in [0.5, 0.6) is 5.75 Å². The number of hydrogen-bond acceptors (Lipinski definition) is 6. The first-order valence-electron chi connectivity index (χ1n) is 9.63. The Labute approximate surface area is 191 Å². The highest BCUT2D eigenvalue weighted by atomic mass is 35.5. The number of amides is 1. The van der Waals surface area contributed by atoms with Gasteiger partial charge in [-0.05, 0) is 24.3 Å². The fourth-order valence-corrected chi connectivity index (χ4v) is 3.19. The molecule has 4 rings (SSSR count). The molecule has 0 bridgehead atoms. The van der Waals surface area contributed by atoms with Gasteiger partial charge in [0.15, 0.2) is 17.3 Å². The van der Waals surface area contributed by atoms with Crippen molar-refractivity contribution < 1.29 is 23.3 Å². The molecule has 1 amide bonds. The molecule has 168 valence electrons. The number of hydrogen-bond donors (Lipinski definition) is 1. The van der Waals surface area contributed by atoms with Crippen molar-refractivity contribution >= 4 is 29.0 Å². The van der Waals surface area contributed by atoms with Crippen LogP contribution in [-0.4, -0.2) is 20.6 Å². The van der Waals surface area contributed by atoms with Crippen molar-refractivity contribution in [3.05, 3.63) is 105 Å². The Balaban J connectivity index is 1.40. The number of nitro groups is 1. The number of ether oxygens (including phenoxy) is 1. The molecule has 0 aliphatic carbocycles. The normalized spacial score (nSPS) is 10.7. The maximum atomic E-state index is 13.8. The number of nitrogens with zero attached hydrogens (tertiary/aromatic N) is 3. The van der Waals surface area contributed by atoms with Crippen molar-refractivity contribution in [1.82, 2.24) is 9.78 Å². The van der Waals surface area contributed by atoms with Gasteiger partial charge in [-0.25, -0.2) is 4.39 Å². The van der Waals surface area contributed by atoms with Crippen molar-refractivity contribution in [3.63, 3.8) is 0 Å². The standard InChI is InChI=1S/C22H16ClFN4O5/c23-16-12-27(11-14-5-1-2-6-17(14)24)26-21(16)25-22(29)20-10-9-15(33-20)13-32-19-8-4-3-7-18(19)28(30)31/h1-10,12H,11,13H2,(H,25,26,29). The molecule has 0 unspecified atom stereocenters. The molecule has 0 saturated heterocycles. The Kier molecular flexibility index (Phi) is 6.36. The lowest BCUT2D eigenvalue weighted by Crippen LogP contribution is -2.12. The van der Waals surface area contributed by atoms with Crippen molar-refractivity contribution in [2.45, 2.75) is 13.2 Å². The highest BCUT2D eigenvalue weighted by molar-refractivity contribution is 6.33. The van der Waals surface area contributed by atoms with Crippen LogP contribution in [0.3, 0.4) is 0 Å². The first kappa shape index (κ1) is 22.0. The number of halogens is 2. The van der Waals surface area contributed by atoms with Gasteiger partial charge in [-0.1, -0.05) is 41.9 Å². The van der Waals surface area contributed by atoms with E-state index in [0.717, 1.165) is 0 Å². The molecule has 0 spiro atoms. The molecule has 9 nitrogen and oxygen atoms in total. The third-order valence-electron chi connectivity index (χ3n) is 4.56. The van der Waals surface area contributed by atoms with Gasteiger partial charge in [-0.3, -0.25) is 19.6 Å². The van der Waals surface area contributed by atoms with E-state index in [1.165, 1.54) is 47.3 Å². The molecular weight excluding hydrogens is 455 g/mol. The predicted molar refractivity (Wildman–Crippen MR) is 117 cm³/mol. The number of benzene rings is 2. The molecule has 0 aliphatic heterocycles. The second-order valence-corrected chi connectivity index (χ2v) is 7.26. The molecule has 0 aliphatic rings. The van der Waals surface area contributed by atoms with Crippen LogP contribution in [0, 0.1) is 15.9 Å². The summed E-state index contributed by atoms with van der Waals surface area (Å²) in [6.07, 6.45) is 1.47. The van der Waals surface area contributed by atoms with E-state index in [-0.39, 0.29) is 52.8 Å². The van der Waals surface area contributed by atoms with Gasteiger partial charge in [0.25, 0.3) is 5.91 Å². The van der Waals surface area contributed by atoms with E-state index in [9.17, 15) is 19.3 Å². The molecule has 0 saturated carbocycles. The molecule has 0 fully saturated rings. The van der Waals surface area contributed by atoms with Crippen LogP contribution in [0.4, 0.5) is 15.9 Å². The van der Waals surface area contributed by atoms with Crippen LogP contribution < -0.4 is 10.1 Å². The van der Waals surface area contributed by atoms with Gasteiger partial charge in [0, 0.05) is 17.8 Å². The summed E-state index contributed by atoms with van der Waals surface area (Å²) in [5.74, 6) is -0.555. The minimum absolute atomic E-state index is 0.0316. The van der Waals surface area contributed by atoms with Crippen LogP contribution in [0.15, 0.2) is 71.3 Å². The van der Waals surface area contributed by atoms with Crippen molar-refractivity contribution in [1.29, 1.82) is 0 Å². The highest BCUT2D eigenvalue weighted by Gasteiger charge is 2.18. The first-order chi connectivity index (χ1) is 15.9. The highest BCUT2D eigenvalue weighted by Crippen LogP contribution is 2.27. The first-order valence-corrected chi connectivity index (χ1v) is 10.0. The summed E-state index contributed by atoms with van der Waals surface area (Å²) in [6, 6.07) is 15.1. The van der Waals surface area contributed by atoms with Crippen LogP contribution >= 0.6 is 11.6 Å². The molecule has 2 aromatic heterocycles. The van der Waals surface area contributed by atoms with Gasteiger partial charge >= 0.3 is 5.69 Å². The second kappa shape index (κ2) is 9.53. The zero-order chi connectivity index (χ0) is 23.4. The number of para-hydroxylation sites is 2. The van der Waals surface area contributed by atoms with Gasteiger partial charge in [-0.15, -0.1) is 0 Å². The topological polar surface area (TPSA) is 112 Å². The summed E-state index contributed by atoms with van der Waals surface area (Å²) in [5, 5.41) is 17.9. The third-order valence-corrected chi connectivity index (χ3v) is 4.83. The lowest BCUT2D eigenvalue weighted by Gasteiger charge is -2.04. The number of furan rings is 1. The van der Waals surface area contributed by atoms with Gasteiger partial charge in [-0.2, -0.15) is 5.10 Å². The molecule has 11 heteroatoms. The van der Waals surface area contributed by atoms with Gasteiger partial charge < -0.3 is 14.5 Å². The van der Waals surface area contributed by atoms with E-state index in [2.05, 4.69) is 10.4 Å². The molecule has 4 aromatic rings. The summed E-state index contributed by atoms with van der Waals surface area (Å²) in [4.78, 5) is 23.0. The summed E-state index contributed by atoms with van der Waals surface area (Å²) < 4.78 is 26.2. The van der Waals surface area contributed by atoms with Crippen molar-refractivity contribution in [3.8, 4) is 5.75 Å². The number of aromatic nitrogens is 2. The number of nitrogens with one attached hydrogen (secondary N) is 1. The Morgan fingerprint density at radius 2 is 1.94 bits per heavy atom. The summed E-state index contributed by atoms with van der Waals surface area (Å²) >= 11 is 6.15. The smallest absolute Gasteiger partial charge is 0.310 e. The van der Waals surface area contributed by atoms with Crippen LogP contribution in [0.1, 0.15) is 21.9 Å². The molecule has 2 aromatic carbocycles. The summed E-state index contributed by atoms with van der Waals surface area (Å²) in [5.41, 5.74) is 0.242. The minimum Gasteiger partial charge on any atom is -0.479 e. The van der Waals surface area contributed by atoms with Gasteiger partial charge in [0.2, 0.25) is 0 Å². The van der Waals surface area contributed by atoms with E-state index in [4.69, 9.17) is 20.8 Å². The van der Waals surface area contributed by atoms with Crippen LogP contribution in [0.25, 0.3) is 0 Å². The van der Waals surface area contributed by atoms with E-state index in [1.807, 2.05) is 0 Å². The van der Waals surface area contributed by atoms with E-state index in [1.54, 1.807) is 24.3 Å². The van der Waals surface area contributed by atoms with E-state index < -0.39 is 10.8 Å². The Morgan fingerprint density at radius 3 is 2.73 bits per heavy atom. The fraction of sp³-hybridized carbons (Fsp3) is 0.0909. The lowest BCUT2D eigenvalue weighted by molar-refractivity contribution is -0.386. The van der Waals surface area contributed by atoms with Crippen molar-refractivity contribution in [2.24, 2.45) is 0 Å². The lowest BCUT2D eigenvalue weighted by atomic mass is 10.2. The zero-order valence-corrected chi connectivity index (χ0v) is 17.7. The monoisotopic (exact) mass is 470 g/mol. The Morgan fingerprint density at radius 1 is 1.18 bits per heavy atom. The molecule has 0 atom stereocenters. The number of carbonyl (C=O) groups excluding carboxylic acids is 1. The average molecular weight is 471 g/mol. The van der Waals surface area contributed by atoms with Gasteiger partial charge in [0.05, 0.1) is 11.5 Å². The molecule has 1 N–H and O–H groups in total. The minimum atomic E-state index is -0.606. The molecule has 2 heterocycles. The number of rotatable bonds is 8. The Hall–Kier alpha value is -4.18. The summed E-state index contributed by atoms with van der Waals surface area (Å²) in [7, 11) is 0. The zero-order valence-electron chi connectivity index (χ0n) is 16.9.